The van der Waals surface area contributed by atoms with E-state index in [4.69, 9.17) is 34.8 Å². The average Bonchev–Trinajstić information content (AvgIpc) is 2.75. The van der Waals surface area contributed by atoms with Gasteiger partial charge in [0.15, 0.2) is 0 Å². The Bertz CT molecular complexity index is 670. The lowest BCUT2D eigenvalue weighted by molar-refractivity contribution is -0.136. The zero-order valence-corrected chi connectivity index (χ0v) is 15.8. The minimum absolute atomic E-state index is 0.0739. The summed E-state index contributed by atoms with van der Waals surface area (Å²) >= 11 is 18.2. The highest BCUT2D eigenvalue weighted by Crippen LogP contribution is 2.36. The average molecular weight is 389 g/mol. The minimum atomic E-state index is -0.448. The number of hydrogen-bond donors (Lipinski definition) is 0. The van der Waals surface area contributed by atoms with E-state index in [9.17, 15) is 9.59 Å². The molecule has 0 spiro atoms. The standard InChI is InChI=1S/C18H20Cl3NO2/c1-2-3-4-5-6-7-10-22-17(23)15(16(21)18(22)24)13-9-8-12(19)11-14(13)20/h8-9,11H,2-7,10H2,1H3. The smallest absolute Gasteiger partial charge is 0.273 e. The molecule has 0 saturated carbocycles. The predicted molar refractivity (Wildman–Crippen MR) is 99.3 cm³/mol. The quantitative estimate of drug-likeness (QED) is 0.425. The van der Waals surface area contributed by atoms with Gasteiger partial charge in [-0.1, -0.05) is 79.9 Å². The molecule has 1 aromatic rings. The first-order chi connectivity index (χ1) is 11.5. The van der Waals surface area contributed by atoms with Crippen LogP contribution in [0.2, 0.25) is 10.0 Å². The number of benzene rings is 1. The summed E-state index contributed by atoms with van der Waals surface area (Å²) in [4.78, 5) is 26.1. The summed E-state index contributed by atoms with van der Waals surface area (Å²) in [6.07, 6.45) is 6.48. The maximum absolute atomic E-state index is 12.6. The van der Waals surface area contributed by atoms with Gasteiger partial charge in [-0.3, -0.25) is 14.5 Å². The molecule has 0 fully saturated rings. The molecular weight excluding hydrogens is 369 g/mol. The molecule has 0 saturated heterocycles. The number of carbonyl (C=O) groups excluding carboxylic acids is 2. The number of nitrogens with zero attached hydrogens (tertiary/aromatic N) is 1. The van der Waals surface area contributed by atoms with E-state index in [0.717, 1.165) is 19.3 Å². The van der Waals surface area contributed by atoms with Gasteiger partial charge in [0.25, 0.3) is 11.8 Å². The van der Waals surface area contributed by atoms with Crippen molar-refractivity contribution in [3.8, 4) is 0 Å². The summed E-state index contributed by atoms with van der Waals surface area (Å²) in [6, 6.07) is 4.76. The SMILES string of the molecule is CCCCCCCCN1C(=O)C(Cl)=C(c2ccc(Cl)cc2Cl)C1=O. The summed E-state index contributed by atoms with van der Waals surface area (Å²) in [5.41, 5.74) is 0.601. The second-order valence-electron chi connectivity index (χ2n) is 5.84. The lowest BCUT2D eigenvalue weighted by Crippen LogP contribution is -2.32. The van der Waals surface area contributed by atoms with Gasteiger partial charge in [-0.2, -0.15) is 0 Å². The van der Waals surface area contributed by atoms with Gasteiger partial charge in [-0.15, -0.1) is 0 Å². The Morgan fingerprint density at radius 3 is 2.25 bits per heavy atom. The summed E-state index contributed by atoms with van der Waals surface area (Å²) in [6.45, 7) is 2.55. The van der Waals surface area contributed by atoms with Crippen molar-refractivity contribution in [3.63, 3.8) is 0 Å². The van der Waals surface area contributed by atoms with Gasteiger partial charge in [0.05, 0.1) is 10.6 Å². The van der Waals surface area contributed by atoms with E-state index in [-0.39, 0.29) is 16.5 Å². The molecule has 3 nitrogen and oxygen atoms in total. The molecule has 0 aromatic heterocycles. The zero-order chi connectivity index (χ0) is 17.7. The molecule has 1 aromatic carbocycles. The molecule has 2 rings (SSSR count). The van der Waals surface area contributed by atoms with Crippen LogP contribution in [-0.4, -0.2) is 23.3 Å². The second-order valence-corrected chi connectivity index (χ2v) is 7.06. The van der Waals surface area contributed by atoms with E-state index in [1.54, 1.807) is 12.1 Å². The van der Waals surface area contributed by atoms with Crippen molar-refractivity contribution >= 4 is 52.2 Å². The third-order valence-corrected chi connectivity index (χ3v) is 4.95. The molecule has 1 aliphatic heterocycles. The van der Waals surface area contributed by atoms with Gasteiger partial charge >= 0.3 is 0 Å². The molecule has 6 heteroatoms. The number of imide groups is 1. The highest BCUT2D eigenvalue weighted by Gasteiger charge is 2.38. The van der Waals surface area contributed by atoms with Crippen molar-refractivity contribution in [1.29, 1.82) is 0 Å². The first kappa shape index (κ1) is 19.3. The first-order valence-corrected chi connectivity index (χ1v) is 9.32. The molecule has 0 aliphatic carbocycles. The van der Waals surface area contributed by atoms with Gasteiger partial charge in [-0.05, 0) is 18.6 Å². The Morgan fingerprint density at radius 1 is 0.917 bits per heavy atom. The number of hydrogen-bond acceptors (Lipinski definition) is 2. The Labute approximate surface area is 157 Å². The normalized spacial score (nSPS) is 14.9. The van der Waals surface area contributed by atoms with Crippen LogP contribution in [0.4, 0.5) is 0 Å². The fraction of sp³-hybridized carbons (Fsp3) is 0.444. The van der Waals surface area contributed by atoms with Crippen molar-refractivity contribution in [2.24, 2.45) is 0 Å². The first-order valence-electron chi connectivity index (χ1n) is 8.18. The van der Waals surface area contributed by atoms with Crippen molar-refractivity contribution in [3.05, 3.63) is 38.8 Å². The minimum Gasteiger partial charge on any atom is -0.274 e. The maximum Gasteiger partial charge on any atom is 0.273 e. The van der Waals surface area contributed by atoms with E-state index < -0.39 is 5.91 Å². The number of rotatable bonds is 8. The molecule has 0 unspecified atom stereocenters. The molecule has 0 atom stereocenters. The van der Waals surface area contributed by atoms with Gasteiger partial charge in [0, 0.05) is 17.1 Å². The molecular formula is C18H20Cl3NO2. The third-order valence-electron chi connectivity index (χ3n) is 4.05. The number of carbonyl (C=O) groups is 2. The Kier molecular flexibility index (Phi) is 7.15. The highest BCUT2D eigenvalue weighted by molar-refractivity contribution is 6.55. The Morgan fingerprint density at radius 2 is 1.58 bits per heavy atom. The van der Waals surface area contributed by atoms with Crippen molar-refractivity contribution < 1.29 is 9.59 Å². The predicted octanol–water partition coefficient (Wildman–Crippen LogP) is 5.67. The number of unbranched alkanes of at least 4 members (excludes halogenated alkanes) is 5. The van der Waals surface area contributed by atoms with E-state index in [1.165, 1.54) is 30.2 Å². The highest BCUT2D eigenvalue weighted by atomic mass is 35.5. The van der Waals surface area contributed by atoms with E-state index >= 15 is 0 Å². The van der Waals surface area contributed by atoms with Crippen LogP contribution < -0.4 is 0 Å². The largest absolute Gasteiger partial charge is 0.274 e. The van der Waals surface area contributed by atoms with Crippen LogP contribution in [0.3, 0.4) is 0 Å². The lowest BCUT2D eigenvalue weighted by Gasteiger charge is -2.15. The van der Waals surface area contributed by atoms with Crippen LogP contribution >= 0.6 is 34.8 Å². The molecule has 1 aliphatic rings. The van der Waals surface area contributed by atoms with Gasteiger partial charge in [0.1, 0.15) is 5.03 Å². The molecule has 24 heavy (non-hydrogen) atoms. The van der Waals surface area contributed by atoms with Crippen LogP contribution in [0.25, 0.3) is 5.57 Å². The topological polar surface area (TPSA) is 37.4 Å². The van der Waals surface area contributed by atoms with Crippen LogP contribution in [-0.2, 0) is 9.59 Å². The summed E-state index contributed by atoms with van der Waals surface area (Å²) in [7, 11) is 0. The molecule has 1 heterocycles. The van der Waals surface area contributed by atoms with Crippen molar-refractivity contribution in [2.45, 2.75) is 45.4 Å². The fourth-order valence-electron chi connectivity index (χ4n) is 2.73. The molecule has 0 bridgehead atoms. The Hall–Kier alpha value is -1.03. The van der Waals surface area contributed by atoms with E-state index in [1.807, 2.05) is 0 Å². The van der Waals surface area contributed by atoms with Crippen LogP contribution in [0, 0.1) is 0 Å². The van der Waals surface area contributed by atoms with Crippen LogP contribution in [0.5, 0.6) is 0 Å². The summed E-state index contributed by atoms with van der Waals surface area (Å²) < 4.78 is 0. The summed E-state index contributed by atoms with van der Waals surface area (Å²) in [5, 5.41) is 0.689. The van der Waals surface area contributed by atoms with E-state index in [0.29, 0.717) is 22.2 Å². The lowest BCUT2D eigenvalue weighted by atomic mass is 10.1. The van der Waals surface area contributed by atoms with E-state index in [2.05, 4.69) is 6.92 Å². The zero-order valence-electron chi connectivity index (χ0n) is 13.6. The van der Waals surface area contributed by atoms with Crippen molar-refractivity contribution in [1.82, 2.24) is 4.90 Å². The fourth-order valence-corrected chi connectivity index (χ4v) is 3.51. The van der Waals surface area contributed by atoms with Crippen LogP contribution in [0.15, 0.2) is 23.2 Å². The monoisotopic (exact) mass is 387 g/mol. The molecule has 2 amide bonds. The maximum atomic E-state index is 12.6. The van der Waals surface area contributed by atoms with Gasteiger partial charge < -0.3 is 0 Å². The summed E-state index contributed by atoms with van der Waals surface area (Å²) in [5.74, 6) is -0.834. The molecule has 130 valence electrons. The van der Waals surface area contributed by atoms with Crippen molar-refractivity contribution in [2.75, 3.05) is 6.54 Å². The molecule has 0 radical (unpaired) electrons. The number of amides is 2. The van der Waals surface area contributed by atoms with Crippen LogP contribution in [0.1, 0.15) is 51.0 Å². The Balaban J connectivity index is 2.04. The second kappa shape index (κ2) is 8.89. The van der Waals surface area contributed by atoms with Gasteiger partial charge in [0.2, 0.25) is 0 Å². The molecule has 0 N–H and O–H groups in total. The number of halogens is 3. The third kappa shape index (κ3) is 4.33. The van der Waals surface area contributed by atoms with Gasteiger partial charge in [-0.25, -0.2) is 0 Å².